The third-order valence-corrected chi connectivity index (χ3v) is 3.15. The van der Waals surface area contributed by atoms with Crippen LogP contribution in [0.5, 0.6) is 5.88 Å². The predicted molar refractivity (Wildman–Crippen MR) is 59.3 cm³/mol. The Morgan fingerprint density at radius 1 is 1.41 bits per heavy atom. The SMILES string of the molecule is CCC(C)c1c(OC(F)F)ncnc1C1CC1. The Labute approximate surface area is 99.2 Å². The number of alkyl halides is 2. The van der Waals surface area contributed by atoms with Crippen molar-refractivity contribution in [2.75, 3.05) is 0 Å². The molecule has 0 amide bonds. The third kappa shape index (κ3) is 2.70. The first-order valence-electron chi connectivity index (χ1n) is 5.93. The van der Waals surface area contributed by atoms with Gasteiger partial charge < -0.3 is 4.74 Å². The molecule has 94 valence electrons. The number of halogens is 2. The van der Waals surface area contributed by atoms with Crippen LogP contribution in [0.4, 0.5) is 8.78 Å². The summed E-state index contributed by atoms with van der Waals surface area (Å²) >= 11 is 0. The topological polar surface area (TPSA) is 35.0 Å². The molecule has 1 fully saturated rings. The fourth-order valence-electron chi connectivity index (χ4n) is 1.92. The van der Waals surface area contributed by atoms with Gasteiger partial charge in [-0.25, -0.2) is 9.97 Å². The van der Waals surface area contributed by atoms with Crippen molar-refractivity contribution in [3.63, 3.8) is 0 Å². The van der Waals surface area contributed by atoms with Crippen molar-refractivity contribution in [3.05, 3.63) is 17.6 Å². The number of aromatic nitrogens is 2. The van der Waals surface area contributed by atoms with Gasteiger partial charge in [0.25, 0.3) is 0 Å². The van der Waals surface area contributed by atoms with E-state index in [1.807, 2.05) is 13.8 Å². The van der Waals surface area contributed by atoms with Crippen molar-refractivity contribution in [3.8, 4) is 5.88 Å². The van der Waals surface area contributed by atoms with E-state index in [9.17, 15) is 8.78 Å². The van der Waals surface area contributed by atoms with Crippen LogP contribution in [0.1, 0.15) is 56.2 Å². The standard InChI is InChI=1S/C12H16F2N2O/c1-3-7(2)9-10(8-4-5-8)15-6-16-11(9)17-12(13)14/h6-8,12H,3-5H2,1-2H3. The van der Waals surface area contributed by atoms with Gasteiger partial charge in [0.15, 0.2) is 0 Å². The molecule has 0 bridgehead atoms. The Bertz CT molecular complexity index is 394. The molecule has 0 aliphatic heterocycles. The minimum atomic E-state index is -2.83. The lowest BCUT2D eigenvalue weighted by atomic mass is 9.96. The second-order valence-electron chi connectivity index (χ2n) is 4.44. The summed E-state index contributed by atoms with van der Waals surface area (Å²) in [4.78, 5) is 8.09. The van der Waals surface area contributed by atoms with Gasteiger partial charge in [0.2, 0.25) is 5.88 Å². The van der Waals surface area contributed by atoms with Crippen LogP contribution in [0.25, 0.3) is 0 Å². The second-order valence-corrected chi connectivity index (χ2v) is 4.44. The summed E-state index contributed by atoms with van der Waals surface area (Å²) in [5.74, 6) is 0.592. The van der Waals surface area contributed by atoms with E-state index in [2.05, 4.69) is 14.7 Å². The van der Waals surface area contributed by atoms with E-state index < -0.39 is 6.61 Å². The van der Waals surface area contributed by atoms with Crippen molar-refractivity contribution in [2.24, 2.45) is 0 Å². The van der Waals surface area contributed by atoms with Crippen LogP contribution in [0.3, 0.4) is 0 Å². The molecule has 1 aliphatic carbocycles. The smallest absolute Gasteiger partial charge is 0.388 e. The number of ether oxygens (including phenoxy) is 1. The van der Waals surface area contributed by atoms with Crippen molar-refractivity contribution in [2.45, 2.75) is 51.6 Å². The van der Waals surface area contributed by atoms with Gasteiger partial charge in [-0.3, -0.25) is 0 Å². The Morgan fingerprint density at radius 2 is 2.12 bits per heavy atom. The molecule has 0 radical (unpaired) electrons. The highest BCUT2D eigenvalue weighted by Gasteiger charge is 2.31. The summed E-state index contributed by atoms with van der Waals surface area (Å²) < 4.78 is 29.2. The van der Waals surface area contributed by atoms with Gasteiger partial charge in [-0.05, 0) is 25.2 Å². The lowest BCUT2D eigenvalue weighted by Gasteiger charge is -2.17. The summed E-state index contributed by atoms with van der Waals surface area (Å²) in [6, 6.07) is 0. The van der Waals surface area contributed by atoms with Crippen LogP contribution in [0.15, 0.2) is 6.33 Å². The van der Waals surface area contributed by atoms with Crippen LogP contribution in [0, 0.1) is 0 Å². The maximum Gasteiger partial charge on any atom is 0.388 e. The predicted octanol–water partition coefficient (Wildman–Crippen LogP) is 3.47. The lowest BCUT2D eigenvalue weighted by molar-refractivity contribution is -0.0538. The Morgan fingerprint density at radius 3 is 2.65 bits per heavy atom. The van der Waals surface area contributed by atoms with E-state index in [0.717, 1.165) is 30.5 Å². The average molecular weight is 242 g/mol. The fraction of sp³-hybridized carbons (Fsp3) is 0.667. The summed E-state index contributed by atoms with van der Waals surface area (Å²) in [5, 5.41) is 0. The molecular weight excluding hydrogens is 226 g/mol. The minimum absolute atomic E-state index is 0.0475. The maximum absolute atomic E-state index is 12.3. The average Bonchev–Trinajstić information content (AvgIpc) is 3.11. The lowest BCUT2D eigenvalue weighted by Crippen LogP contribution is -2.11. The van der Waals surface area contributed by atoms with Gasteiger partial charge in [0.05, 0.1) is 5.69 Å². The number of hydrogen-bond donors (Lipinski definition) is 0. The van der Waals surface area contributed by atoms with Gasteiger partial charge >= 0.3 is 6.61 Å². The summed E-state index contributed by atoms with van der Waals surface area (Å²) in [6.07, 6.45) is 4.33. The zero-order valence-electron chi connectivity index (χ0n) is 9.99. The first-order valence-corrected chi connectivity index (χ1v) is 5.93. The molecule has 1 unspecified atom stereocenters. The molecule has 0 N–H and O–H groups in total. The van der Waals surface area contributed by atoms with E-state index in [0.29, 0.717) is 5.92 Å². The molecule has 1 aromatic rings. The molecular formula is C12H16F2N2O. The van der Waals surface area contributed by atoms with Crippen LogP contribution in [-0.4, -0.2) is 16.6 Å². The Hall–Kier alpha value is -1.26. The second kappa shape index (κ2) is 4.94. The quantitative estimate of drug-likeness (QED) is 0.793. The van der Waals surface area contributed by atoms with E-state index in [4.69, 9.17) is 0 Å². The molecule has 1 heterocycles. The zero-order chi connectivity index (χ0) is 12.4. The molecule has 1 aliphatic rings. The van der Waals surface area contributed by atoms with Crippen LogP contribution in [0.2, 0.25) is 0 Å². The van der Waals surface area contributed by atoms with Crippen LogP contribution >= 0.6 is 0 Å². The molecule has 0 aromatic carbocycles. The number of rotatable bonds is 5. The summed E-state index contributed by atoms with van der Waals surface area (Å²) in [5.41, 5.74) is 1.66. The van der Waals surface area contributed by atoms with E-state index >= 15 is 0 Å². The number of hydrogen-bond acceptors (Lipinski definition) is 3. The highest BCUT2D eigenvalue weighted by atomic mass is 19.3. The molecule has 0 spiro atoms. The van der Waals surface area contributed by atoms with Crippen molar-refractivity contribution in [1.82, 2.24) is 9.97 Å². The summed E-state index contributed by atoms with van der Waals surface area (Å²) in [7, 11) is 0. The van der Waals surface area contributed by atoms with E-state index in [1.54, 1.807) is 0 Å². The first-order chi connectivity index (χ1) is 8.13. The first kappa shape index (κ1) is 12.2. The zero-order valence-corrected chi connectivity index (χ0v) is 9.99. The molecule has 2 rings (SSSR count). The monoisotopic (exact) mass is 242 g/mol. The van der Waals surface area contributed by atoms with Crippen LogP contribution in [-0.2, 0) is 0 Å². The highest BCUT2D eigenvalue weighted by molar-refractivity contribution is 5.37. The largest absolute Gasteiger partial charge is 0.416 e. The van der Waals surface area contributed by atoms with Crippen molar-refractivity contribution < 1.29 is 13.5 Å². The minimum Gasteiger partial charge on any atom is -0.416 e. The number of nitrogens with zero attached hydrogens (tertiary/aromatic N) is 2. The third-order valence-electron chi connectivity index (χ3n) is 3.15. The maximum atomic E-state index is 12.3. The van der Waals surface area contributed by atoms with Gasteiger partial charge in [0, 0.05) is 11.5 Å². The Kier molecular flexibility index (Phi) is 3.54. The van der Waals surface area contributed by atoms with Crippen LogP contribution < -0.4 is 4.74 Å². The molecule has 1 atom stereocenters. The Balaban J connectivity index is 2.38. The molecule has 1 aromatic heterocycles. The van der Waals surface area contributed by atoms with E-state index in [1.165, 1.54) is 6.33 Å². The van der Waals surface area contributed by atoms with Gasteiger partial charge in [0.1, 0.15) is 6.33 Å². The van der Waals surface area contributed by atoms with Crippen molar-refractivity contribution in [1.29, 1.82) is 0 Å². The molecule has 0 saturated heterocycles. The molecule has 1 saturated carbocycles. The van der Waals surface area contributed by atoms with E-state index in [-0.39, 0.29) is 11.8 Å². The highest BCUT2D eigenvalue weighted by Crippen LogP contribution is 2.44. The normalized spacial score (nSPS) is 17.2. The van der Waals surface area contributed by atoms with Gasteiger partial charge in [-0.1, -0.05) is 13.8 Å². The van der Waals surface area contributed by atoms with Crippen molar-refractivity contribution >= 4 is 0 Å². The molecule has 3 nitrogen and oxygen atoms in total. The fourth-order valence-corrected chi connectivity index (χ4v) is 1.92. The van der Waals surface area contributed by atoms with Gasteiger partial charge in [-0.15, -0.1) is 0 Å². The van der Waals surface area contributed by atoms with Gasteiger partial charge in [-0.2, -0.15) is 8.78 Å². The molecule has 17 heavy (non-hydrogen) atoms. The summed E-state index contributed by atoms with van der Waals surface area (Å²) in [6.45, 7) is 1.17. The molecule has 5 heteroatoms.